The van der Waals surface area contributed by atoms with Gasteiger partial charge in [-0.2, -0.15) is 0 Å². The van der Waals surface area contributed by atoms with E-state index in [0.29, 0.717) is 28.4 Å². The minimum atomic E-state index is -3.85. The van der Waals surface area contributed by atoms with Gasteiger partial charge < -0.3 is 14.8 Å². The molecule has 1 aliphatic rings. The van der Waals surface area contributed by atoms with Crippen molar-refractivity contribution in [1.82, 2.24) is 0 Å². The van der Waals surface area contributed by atoms with E-state index in [1.165, 1.54) is 6.07 Å². The average molecular weight is 410 g/mol. The number of fused-ring (bicyclic) bond motifs is 1. The SMILES string of the molecule is Cc1ccc(C(=O)Nc2ccc3c(c2)OCO3)cc1S(=O)(=O)Nc1ccccc1. The number of nitrogens with one attached hydrogen (secondary N) is 2. The minimum Gasteiger partial charge on any atom is -0.454 e. The lowest BCUT2D eigenvalue weighted by Crippen LogP contribution is -2.17. The van der Waals surface area contributed by atoms with Gasteiger partial charge in [0.1, 0.15) is 0 Å². The number of ether oxygens (including phenoxy) is 2. The smallest absolute Gasteiger partial charge is 0.262 e. The van der Waals surface area contributed by atoms with E-state index in [2.05, 4.69) is 10.0 Å². The molecule has 4 rings (SSSR count). The predicted octanol–water partition coefficient (Wildman–Crippen LogP) is 3.78. The fourth-order valence-corrected chi connectivity index (χ4v) is 4.26. The molecular weight excluding hydrogens is 392 g/mol. The third-order valence-electron chi connectivity index (χ3n) is 4.40. The van der Waals surface area contributed by atoms with Gasteiger partial charge in [0, 0.05) is 23.0 Å². The average Bonchev–Trinajstić information content (AvgIpc) is 3.16. The molecular formula is C21H18N2O5S. The zero-order valence-corrected chi connectivity index (χ0v) is 16.3. The van der Waals surface area contributed by atoms with E-state index < -0.39 is 15.9 Å². The zero-order chi connectivity index (χ0) is 20.4. The van der Waals surface area contributed by atoms with Crippen molar-refractivity contribution in [3.63, 3.8) is 0 Å². The van der Waals surface area contributed by atoms with Crippen LogP contribution in [-0.2, 0) is 10.0 Å². The number of hydrogen-bond donors (Lipinski definition) is 2. The summed E-state index contributed by atoms with van der Waals surface area (Å²) >= 11 is 0. The summed E-state index contributed by atoms with van der Waals surface area (Å²) in [6.45, 7) is 1.82. The number of sulfonamides is 1. The lowest BCUT2D eigenvalue weighted by atomic mass is 10.1. The molecule has 148 valence electrons. The Balaban J connectivity index is 1.58. The van der Waals surface area contributed by atoms with Crippen LogP contribution in [0.4, 0.5) is 11.4 Å². The summed E-state index contributed by atoms with van der Waals surface area (Å²) in [7, 11) is -3.85. The second-order valence-electron chi connectivity index (χ2n) is 6.47. The van der Waals surface area contributed by atoms with Gasteiger partial charge in [-0.05, 0) is 48.9 Å². The lowest BCUT2D eigenvalue weighted by Gasteiger charge is -2.12. The molecule has 2 N–H and O–H groups in total. The van der Waals surface area contributed by atoms with Gasteiger partial charge in [0.15, 0.2) is 11.5 Å². The molecule has 29 heavy (non-hydrogen) atoms. The highest BCUT2D eigenvalue weighted by Crippen LogP contribution is 2.34. The molecule has 0 bridgehead atoms. The molecule has 8 heteroatoms. The summed E-state index contributed by atoms with van der Waals surface area (Å²) in [5.74, 6) is 0.723. The summed E-state index contributed by atoms with van der Waals surface area (Å²) in [4.78, 5) is 12.7. The molecule has 0 atom stereocenters. The summed E-state index contributed by atoms with van der Waals surface area (Å²) in [6, 6.07) is 18.2. The first-order valence-electron chi connectivity index (χ1n) is 8.82. The molecule has 7 nitrogen and oxygen atoms in total. The summed E-state index contributed by atoms with van der Waals surface area (Å²) in [6.07, 6.45) is 0. The van der Waals surface area contributed by atoms with Crippen molar-refractivity contribution < 1.29 is 22.7 Å². The number of benzene rings is 3. The first-order chi connectivity index (χ1) is 13.9. The van der Waals surface area contributed by atoms with Crippen molar-refractivity contribution >= 4 is 27.3 Å². The highest BCUT2D eigenvalue weighted by Gasteiger charge is 2.20. The Bertz CT molecular complexity index is 1180. The van der Waals surface area contributed by atoms with Gasteiger partial charge in [0.05, 0.1) is 4.90 Å². The molecule has 0 spiro atoms. The van der Waals surface area contributed by atoms with Crippen LogP contribution in [0.1, 0.15) is 15.9 Å². The first kappa shape index (κ1) is 18.8. The van der Waals surface area contributed by atoms with Crippen LogP contribution in [0.15, 0.2) is 71.6 Å². The maximum Gasteiger partial charge on any atom is 0.262 e. The Morgan fingerprint density at radius 3 is 2.45 bits per heavy atom. The molecule has 0 aromatic heterocycles. The van der Waals surface area contributed by atoms with Gasteiger partial charge in [-0.15, -0.1) is 0 Å². The second-order valence-corrected chi connectivity index (χ2v) is 8.12. The van der Waals surface area contributed by atoms with Crippen LogP contribution in [0.2, 0.25) is 0 Å². The van der Waals surface area contributed by atoms with Crippen LogP contribution in [0.3, 0.4) is 0 Å². The van der Waals surface area contributed by atoms with E-state index in [4.69, 9.17) is 9.47 Å². The number of aryl methyl sites for hydroxylation is 1. The Morgan fingerprint density at radius 2 is 1.66 bits per heavy atom. The van der Waals surface area contributed by atoms with E-state index in [1.54, 1.807) is 67.6 Å². The fourth-order valence-electron chi connectivity index (χ4n) is 2.92. The Kier molecular flexibility index (Phi) is 4.85. The highest BCUT2D eigenvalue weighted by atomic mass is 32.2. The number of amides is 1. The number of carbonyl (C=O) groups is 1. The maximum absolute atomic E-state index is 12.8. The topological polar surface area (TPSA) is 93.7 Å². The molecule has 1 heterocycles. The lowest BCUT2D eigenvalue weighted by molar-refractivity contribution is 0.102. The summed E-state index contributed by atoms with van der Waals surface area (Å²) < 4.78 is 38.7. The largest absolute Gasteiger partial charge is 0.454 e. The number of para-hydroxylation sites is 1. The standard InChI is InChI=1S/C21H18N2O5S/c1-14-7-8-15(11-20(14)29(25,26)23-16-5-3-2-4-6-16)21(24)22-17-9-10-18-19(12-17)28-13-27-18/h2-12,23H,13H2,1H3,(H,22,24). The fraction of sp³-hybridized carbons (Fsp3) is 0.0952. The molecule has 1 amide bonds. The monoisotopic (exact) mass is 410 g/mol. The Morgan fingerprint density at radius 1 is 0.897 bits per heavy atom. The number of anilines is 2. The molecule has 3 aromatic rings. The van der Waals surface area contributed by atoms with Gasteiger partial charge in [-0.25, -0.2) is 8.42 Å². The maximum atomic E-state index is 12.8. The summed E-state index contributed by atoms with van der Waals surface area (Å²) in [5.41, 5.74) is 1.73. The molecule has 0 fully saturated rings. The third-order valence-corrected chi connectivity index (χ3v) is 5.92. The normalized spacial score (nSPS) is 12.4. The van der Waals surface area contributed by atoms with Crippen molar-refractivity contribution in [2.45, 2.75) is 11.8 Å². The van der Waals surface area contributed by atoms with E-state index in [-0.39, 0.29) is 17.3 Å². The van der Waals surface area contributed by atoms with E-state index in [1.807, 2.05) is 0 Å². The Hall–Kier alpha value is -3.52. The number of hydrogen-bond acceptors (Lipinski definition) is 5. The van der Waals surface area contributed by atoms with Crippen molar-refractivity contribution in [1.29, 1.82) is 0 Å². The minimum absolute atomic E-state index is 0.0414. The third kappa shape index (κ3) is 4.02. The van der Waals surface area contributed by atoms with Crippen LogP contribution < -0.4 is 19.5 Å². The summed E-state index contributed by atoms with van der Waals surface area (Å²) in [5, 5.41) is 2.75. The van der Waals surface area contributed by atoms with Crippen molar-refractivity contribution in [2.24, 2.45) is 0 Å². The van der Waals surface area contributed by atoms with E-state index in [9.17, 15) is 13.2 Å². The molecule has 0 radical (unpaired) electrons. The molecule has 0 saturated heterocycles. The van der Waals surface area contributed by atoms with Gasteiger partial charge >= 0.3 is 0 Å². The van der Waals surface area contributed by atoms with Crippen molar-refractivity contribution in [3.8, 4) is 11.5 Å². The molecule has 0 saturated carbocycles. The van der Waals surface area contributed by atoms with Crippen LogP contribution in [-0.4, -0.2) is 21.1 Å². The van der Waals surface area contributed by atoms with E-state index in [0.717, 1.165) is 0 Å². The molecule has 0 aliphatic carbocycles. The van der Waals surface area contributed by atoms with Gasteiger partial charge in [0.2, 0.25) is 6.79 Å². The molecule has 1 aliphatic heterocycles. The number of rotatable bonds is 5. The van der Waals surface area contributed by atoms with Crippen molar-refractivity contribution in [3.05, 3.63) is 77.9 Å². The van der Waals surface area contributed by atoms with Crippen LogP contribution in [0.25, 0.3) is 0 Å². The van der Waals surface area contributed by atoms with Gasteiger partial charge in [-0.3, -0.25) is 9.52 Å². The highest BCUT2D eigenvalue weighted by molar-refractivity contribution is 7.92. The second kappa shape index (κ2) is 7.48. The van der Waals surface area contributed by atoms with Crippen molar-refractivity contribution in [2.75, 3.05) is 16.8 Å². The van der Waals surface area contributed by atoms with E-state index >= 15 is 0 Å². The predicted molar refractivity (Wildman–Crippen MR) is 109 cm³/mol. The quantitative estimate of drug-likeness (QED) is 0.668. The van der Waals surface area contributed by atoms with Crippen LogP contribution in [0, 0.1) is 6.92 Å². The van der Waals surface area contributed by atoms with Gasteiger partial charge in [-0.1, -0.05) is 24.3 Å². The first-order valence-corrected chi connectivity index (χ1v) is 10.3. The van der Waals surface area contributed by atoms with Crippen LogP contribution in [0.5, 0.6) is 11.5 Å². The Labute approximate surface area is 168 Å². The zero-order valence-electron chi connectivity index (χ0n) is 15.5. The van der Waals surface area contributed by atoms with Crippen LogP contribution >= 0.6 is 0 Å². The molecule has 3 aromatic carbocycles. The molecule has 0 unspecified atom stereocenters. The number of carbonyl (C=O) groups excluding carboxylic acids is 1. The van der Waals surface area contributed by atoms with Gasteiger partial charge in [0.25, 0.3) is 15.9 Å².